The highest BCUT2D eigenvalue weighted by Gasteiger charge is 2.43. The zero-order valence-electron chi connectivity index (χ0n) is 13.1. The molecule has 0 radical (unpaired) electrons. The van der Waals surface area contributed by atoms with Gasteiger partial charge in [-0.05, 0) is 24.8 Å². The average Bonchev–Trinajstić information content (AvgIpc) is 2.53. The van der Waals surface area contributed by atoms with Crippen LogP contribution in [-0.2, 0) is 9.59 Å². The quantitative estimate of drug-likeness (QED) is 0.905. The lowest BCUT2D eigenvalue weighted by Crippen LogP contribution is -2.61. The van der Waals surface area contributed by atoms with Crippen LogP contribution < -0.4 is 5.32 Å². The molecule has 1 aromatic rings. The largest absolute Gasteiger partial charge is 0.339 e. The number of amides is 2. The molecule has 2 amide bonds. The summed E-state index contributed by atoms with van der Waals surface area (Å²) in [5.41, 5.74) is 0.625. The van der Waals surface area contributed by atoms with Gasteiger partial charge in [0.05, 0.1) is 0 Å². The summed E-state index contributed by atoms with van der Waals surface area (Å²) in [4.78, 5) is 26.8. The molecule has 1 aromatic carbocycles. The predicted molar refractivity (Wildman–Crippen MR) is 82.6 cm³/mol. The summed E-state index contributed by atoms with van der Waals surface area (Å²) < 4.78 is 0. The molecule has 2 rings (SSSR count). The number of benzene rings is 1. The Morgan fingerprint density at radius 2 is 1.67 bits per heavy atom. The highest BCUT2D eigenvalue weighted by atomic mass is 16.2. The molecule has 0 saturated carbocycles. The zero-order valence-corrected chi connectivity index (χ0v) is 13.1. The van der Waals surface area contributed by atoms with E-state index in [4.69, 9.17) is 0 Å². The Morgan fingerprint density at radius 3 is 2.19 bits per heavy atom. The van der Waals surface area contributed by atoms with Gasteiger partial charge in [-0.3, -0.25) is 9.59 Å². The van der Waals surface area contributed by atoms with Crippen LogP contribution in [0.5, 0.6) is 0 Å². The summed E-state index contributed by atoms with van der Waals surface area (Å²) in [7, 11) is 0. The SMILES string of the molecule is CCC(CC)(CC)N1CC(=O)NC(c2ccccc2)C1=O. The summed E-state index contributed by atoms with van der Waals surface area (Å²) >= 11 is 0. The van der Waals surface area contributed by atoms with Crippen LogP contribution >= 0.6 is 0 Å². The van der Waals surface area contributed by atoms with Gasteiger partial charge in [-0.1, -0.05) is 51.1 Å². The van der Waals surface area contributed by atoms with E-state index in [0.717, 1.165) is 24.8 Å². The van der Waals surface area contributed by atoms with E-state index in [2.05, 4.69) is 26.1 Å². The molecule has 0 spiro atoms. The van der Waals surface area contributed by atoms with E-state index < -0.39 is 6.04 Å². The van der Waals surface area contributed by atoms with Crippen molar-refractivity contribution in [1.29, 1.82) is 0 Å². The van der Waals surface area contributed by atoms with Crippen LogP contribution in [-0.4, -0.2) is 28.8 Å². The Morgan fingerprint density at radius 1 is 1.10 bits per heavy atom. The Labute approximate surface area is 126 Å². The van der Waals surface area contributed by atoms with Crippen molar-refractivity contribution in [3.05, 3.63) is 35.9 Å². The van der Waals surface area contributed by atoms with E-state index in [1.54, 1.807) is 4.90 Å². The van der Waals surface area contributed by atoms with Gasteiger partial charge < -0.3 is 10.2 Å². The maximum absolute atomic E-state index is 12.9. The number of carbonyl (C=O) groups is 2. The van der Waals surface area contributed by atoms with Crippen molar-refractivity contribution in [2.45, 2.75) is 51.6 Å². The van der Waals surface area contributed by atoms with E-state index >= 15 is 0 Å². The smallest absolute Gasteiger partial charge is 0.250 e. The lowest BCUT2D eigenvalue weighted by atomic mass is 9.85. The number of rotatable bonds is 5. The second-order valence-corrected chi connectivity index (χ2v) is 5.62. The Bertz CT molecular complexity index is 501. The van der Waals surface area contributed by atoms with Gasteiger partial charge in [0.25, 0.3) is 5.91 Å². The lowest BCUT2D eigenvalue weighted by molar-refractivity contribution is -0.151. The number of hydrogen-bond acceptors (Lipinski definition) is 2. The molecular formula is C17H24N2O2. The standard InChI is InChI=1S/C17H24N2O2/c1-4-17(5-2,6-3)19-12-14(20)18-15(16(19)21)13-10-8-7-9-11-13/h7-11,15H,4-6,12H2,1-3H3,(H,18,20). The second-order valence-electron chi connectivity index (χ2n) is 5.62. The third-order valence-electron chi connectivity index (χ3n) is 4.80. The molecule has 1 unspecified atom stereocenters. The summed E-state index contributed by atoms with van der Waals surface area (Å²) in [5.74, 6) is -0.0745. The topological polar surface area (TPSA) is 49.4 Å². The number of carbonyl (C=O) groups excluding carboxylic acids is 2. The molecule has 4 nitrogen and oxygen atoms in total. The summed E-state index contributed by atoms with van der Waals surface area (Å²) in [6.07, 6.45) is 2.58. The molecule has 4 heteroatoms. The molecule has 0 aliphatic carbocycles. The first-order valence-electron chi connectivity index (χ1n) is 7.73. The van der Waals surface area contributed by atoms with E-state index in [-0.39, 0.29) is 23.9 Å². The third kappa shape index (κ3) is 2.80. The van der Waals surface area contributed by atoms with Crippen molar-refractivity contribution in [2.24, 2.45) is 0 Å². The highest BCUT2D eigenvalue weighted by molar-refractivity contribution is 5.96. The lowest BCUT2D eigenvalue weighted by Gasteiger charge is -2.46. The van der Waals surface area contributed by atoms with Crippen LogP contribution in [0.4, 0.5) is 0 Å². The van der Waals surface area contributed by atoms with E-state index in [0.29, 0.717) is 0 Å². The van der Waals surface area contributed by atoms with Crippen molar-refractivity contribution in [2.75, 3.05) is 6.54 Å². The molecule has 1 N–H and O–H groups in total. The molecule has 1 aliphatic heterocycles. The minimum absolute atomic E-state index is 0.00588. The van der Waals surface area contributed by atoms with Gasteiger partial charge >= 0.3 is 0 Å². The highest BCUT2D eigenvalue weighted by Crippen LogP contribution is 2.32. The van der Waals surface area contributed by atoms with Gasteiger partial charge in [0.1, 0.15) is 12.6 Å². The molecule has 21 heavy (non-hydrogen) atoms. The number of nitrogens with one attached hydrogen (secondary N) is 1. The van der Waals surface area contributed by atoms with Gasteiger partial charge in [-0.25, -0.2) is 0 Å². The monoisotopic (exact) mass is 288 g/mol. The Kier molecular flexibility index (Phi) is 4.66. The number of hydrogen-bond donors (Lipinski definition) is 1. The Hall–Kier alpha value is -1.84. The second kappa shape index (κ2) is 6.29. The van der Waals surface area contributed by atoms with Crippen LogP contribution in [0.25, 0.3) is 0 Å². The molecule has 1 heterocycles. The van der Waals surface area contributed by atoms with Crippen molar-refractivity contribution in [1.82, 2.24) is 10.2 Å². The fourth-order valence-corrected chi connectivity index (χ4v) is 3.24. The van der Waals surface area contributed by atoms with Gasteiger partial charge in [0, 0.05) is 5.54 Å². The van der Waals surface area contributed by atoms with Crippen LogP contribution in [0.3, 0.4) is 0 Å². The minimum Gasteiger partial charge on any atom is -0.339 e. The predicted octanol–water partition coefficient (Wildman–Crippen LogP) is 2.65. The first kappa shape index (κ1) is 15.5. The van der Waals surface area contributed by atoms with Crippen LogP contribution in [0.1, 0.15) is 51.6 Å². The average molecular weight is 288 g/mol. The molecular weight excluding hydrogens is 264 g/mol. The van der Waals surface area contributed by atoms with Crippen LogP contribution in [0.2, 0.25) is 0 Å². The molecule has 1 fully saturated rings. The van der Waals surface area contributed by atoms with Crippen molar-refractivity contribution in [3.8, 4) is 0 Å². The van der Waals surface area contributed by atoms with E-state index in [9.17, 15) is 9.59 Å². The van der Waals surface area contributed by atoms with Crippen molar-refractivity contribution >= 4 is 11.8 Å². The minimum atomic E-state index is -0.559. The first-order chi connectivity index (χ1) is 10.1. The maximum Gasteiger partial charge on any atom is 0.250 e. The molecule has 0 bridgehead atoms. The number of nitrogens with zero attached hydrogens (tertiary/aromatic N) is 1. The number of piperazine rings is 1. The Balaban J connectivity index is 2.36. The molecule has 0 aromatic heterocycles. The van der Waals surface area contributed by atoms with Gasteiger partial charge in [0.15, 0.2) is 0 Å². The van der Waals surface area contributed by atoms with Crippen molar-refractivity contribution in [3.63, 3.8) is 0 Å². The first-order valence-corrected chi connectivity index (χ1v) is 7.73. The van der Waals surface area contributed by atoms with E-state index in [1.807, 2.05) is 30.3 Å². The molecule has 1 atom stereocenters. The summed E-state index contributed by atoms with van der Waals surface area (Å²) in [6, 6.07) is 8.90. The summed E-state index contributed by atoms with van der Waals surface area (Å²) in [6.45, 7) is 6.43. The van der Waals surface area contributed by atoms with Crippen molar-refractivity contribution < 1.29 is 9.59 Å². The van der Waals surface area contributed by atoms with E-state index in [1.165, 1.54) is 0 Å². The van der Waals surface area contributed by atoms with Crippen LogP contribution in [0.15, 0.2) is 30.3 Å². The maximum atomic E-state index is 12.9. The fourth-order valence-electron chi connectivity index (χ4n) is 3.24. The molecule has 1 saturated heterocycles. The fraction of sp³-hybridized carbons (Fsp3) is 0.529. The van der Waals surface area contributed by atoms with Gasteiger partial charge in [-0.2, -0.15) is 0 Å². The van der Waals surface area contributed by atoms with Crippen LogP contribution in [0, 0.1) is 0 Å². The van der Waals surface area contributed by atoms with Gasteiger partial charge in [0.2, 0.25) is 5.91 Å². The molecule has 1 aliphatic rings. The zero-order chi connectivity index (χ0) is 15.5. The van der Waals surface area contributed by atoms with Gasteiger partial charge in [-0.15, -0.1) is 0 Å². The summed E-state index contributed by atoms with van der Waals surface area (Å²) in [5, 5.41) is 2.83. The molecule has 114 valence electrons. The normalized spacial score (nSPS) is 19.6. The third-order valence-corrected chi connectivity index (χ3v) is 4.80.